The fraction of sp³-hybridized carbons (Fsp3) is 0.250. The summed E-state index contributed by atoms with van der Waals surface area (Å²) in [5.74, 6) is 0.624. The number of allylic oxidation sites excluding steroid dienone is 3. The lowest BCUT2D eigenvalue weighted by Gasteiger charge is -2.13. The molecular formula is C24H27FN4OS. The third kappa shape index (κ3) is 5.35. The predicted octanol–water partition coefficient (Wildman–Crippen LogP) is 5.62. The molecule has 0 spiro atoms. The molecule has 1 amide bonds. The van der Waals surface area contributed by atoms with Crippen molar-refractivity contribution < 1.29 is 9.18 Å². The zero-order chi connectivity index (χ0) is 22.5. The summed E-state index contributed by atoms with van der Waals surface area (Å²) >= 11 is 1.50. The normalized spacial score (nSPS) is 11.5. The quantitative estimate of drug-likeness (QED) is 0.282. The van der Waals surface area contributed by atoms with Gasteiger partial charge in [-0.3, -0.25) is 4.79 Å². The molecule has 0 radical (unpaired) electrons. The Bertz CT molecular complexity index is 1140. The summed E-state index contributed by atoms with van der Waals surface area (Å²) in [6.07, 6.45) is 6.62. The summed E-state index contributed by atoms with van der Waals surface area (Å²) < 4.78 is 18.8. The zero-order valence-electron chi connectivity index (χ0n) is 18.4. The number of halogens is 1. The molecule has 0 aliphatic rings. The molecule has 0 aliphatic carbocycles. The summed E-state index contributed by atoms with van der Waals surface area (Å²) in [6, 6.07) is 10.7. The number of benzene rings is 2. The molecule has 0 unspecified atom stereocenters. The average molecular weight is 439 g/mol. The first-order chi connectivity index (χ1) is 14.8. The van der Waals surface area contributed by atoms with E-state index >= 15 is 0 Å². The molecule has 0 atom stereocenters. The largest absolute Gasteiger partial charge is 0.328 e. The molecule has 31 heavy (non-hydrogen) atoms. The van der Waals surface area contributed by atoms with Crippen LogP contribution in [0.2, 0.25) is 0 Å². The second-order valence-electron chi connectivity index (χ2n) is 7.65. The molecule has 2 aromatic carbocycles. The van der Waals surface area contributed by atoms with E-state index in [1.807, 2.05) is 33.2 Å². The number of nitrogens with zero attached hydrogens (tertiary/aromatic N) is 3. The highest BCUT2D eigenvalue weighted by molar-refractivity contribution is 7.99. The Morgan fingerprint density at radius 2 is 1.97 bits per heavy atom. The van der Waals surface area contributed by atoms with Crippen molar-refractivity contribution in [2.45, 2.75) is 27.3 Å². The van der Waals surface area contributed by atoms with Gasteiger partial charge in [-0.25, -0.2) is 9.37 Å². The van der Waals surface area contributed by atoms with Crippen LogP contribution in [0.4, 0.5) is 10.1 Å². The van der Waals surface area contributed by atoms with E-state index in [9.17, 15) is 9.18 Å². The minimum Gasteiger partial charge on any atom is -0.328 e. The number of imidazole rings is 1. The number of carbonyl (C=O) groups excluding carboxylic acids is 1. The van der Waals surface area contributed by atoms with Gasteiger partial charge in [0.15, 0.2) is 0 Å². The Morgan fingerprint density at radius 3 is 2.58 bits per heavy atom. The fourth-order valence-electron chi connectivity index (χ4n) is 3.42. The van der Waals surface area contributed by atoms with E-state index in [4.69, 9.17) is 4.98 Å². The lowest BCUT2D eigenvalue weighted by atomic mass is 10.0. The van der Waals surface area contributed by atoms with E-state index in [2.05, 4.69) is 27.5 Å². The summed E-state index contributed by atoms with van der Waals surface area (Å²) in [7, 11) is 1.72. The Hall–Kier alpha value is -3.06. The third-order valence-electron chi connectivity index (χ3n) is 4.80. The molecule has 1 heterocycles. The summed E-state index contributed by atoms with van der Waals surface area (Å²) in [6.45, 7) is 6.61. The molecule has 0 saturated heterocycles. The Labute approximate surface area is 186 Å². The van der Waals surface area contributed by atoms with Crippen LogP contribution in [0.1, 0.15) is 30.8 Å². The van der Waals surface area contributed by atoms with Gasteiger partial charge in [0.1, 0.15) is 17.2 Å². The van der Waals surface area contributed by atoms with Crippen molar-refractivity contribution in [3.63, 3.8) is 0 Å². The van der Waals surface area contributed by atoms with E-state index in [1.165, 1.54) is 29.0 Å². The molecule has 5 nitrogen and oxygen atoms in total. The molecule has 0 saturated carbocycles. The van der Waals surface area contributed by atoms with Crippen molar-refractivity contribution in [1.29, 1.82) is 0 Å². The van der Waals surface area contributed by atoms with Crippen LogP contribution in [0, 0.1) is 12.7 Å². The molecule has 7 heteroatoms. The Balaban J connectivity index is 2.21. The first kappa shape index (κ1) is 22.6. The van der Waals surface area contributed by atoms with Crippen molar-refractivity contribution in [1.82, 2.24) is 14.5 Å². The van der Waals surface area contributed by atoms with Crippen molar-refractivity contribution >= 4 is 40.7 Å². The van der Waals surface area contributed by atoms with E-state index < -0.39 is 0 Å². The van der Waals surface area contributed by atoms with E-state index in [0.29, 0.717) is 6.54 Å². The second-order valence-corrected chi connectivity index (χ2v) is 8.26. The van der Waals surface area contributed by atoms with Crippen molar-refractivity contribution in [2.24, 2.45) is 0 Å². The fourth-order valence-corrected chi connectivity index (χ4v) is 3.80. The number of rotatable bonds is 8. The minimum atomic E-state index is -0.250. The van der Waals surface area contributed by atoms with Crippen LogP contribution in [0.3, 0.4) is 0 Å². The van der Waals surface area contributed by atoms with Gasteiger partial charge in [-0.15, -0.1) is 0 Å². The number of aromatic nitrogens is 2. The first-order valence-electron chi connectivity index (χ1n) is 9.91. The average Bonchev–Trinajstić information content (AvgIpc) is 3.04. The van der Waals surface area contributed by atoms with Crippen LogP contribution in [-0.4, -0.2) is 34.2 Å². The van der Waals surface area contributed by atoms with Gasteiger partial charge in [0.05, 0.1) is 11.2 Å². The molecule has 1 aromatic heterocycles. The SMILES string of the molecule is CSNc1cc(/C(C=C(C)C)=C/N(C)C=O)cc2c1nc(C)n2Cc1ccc(F)cc1. The maximum absolute atomic E-state index is 13.3. The van der Waals surface area contributed by atoms with Crippen LogP contribution < -0.4 is 4.72 Å². The summed E-state index contributed by atoms with van der Waals surface area (Å²) in [4.78, 5) is 17.5. The van der Waals surface area contributed by atoms with Gasteiger partial charge < -0.3 is 14.2 Å². The highest BCUT2D eigenvalue weighted by atomic mass is 32.2. The predicted molar refractivity (Wildman–Crippen MR) is 128 cm³/mol. The van der Waals surface area contributed by atoms with E-state index in [-0.39, 0.29) is 5.82 Å². The molecular weight excluding hydrogens is 411 g/mol. The van der Waals surface area contributed by atoms with Gasteiger partial charge in [0, 0.05) is 26.0 Å². The van der Waals surface area contributed by atoms with Crippen LogP contribution in [0.15, 0.2) is 54.2 Å². The standard InChI is InChI=1S/C24H27FN4OS/c1-16(2)10-20(14-28(4)15-30)19-11-22(27-31-5)24-23(12-19)29(17(3)26-24)13-18-6-8-21(25)9-7-18/h6-12,14-15,27H,13H2,1-5H3/b20-14+. The van der Waals surface area contributed by atoms with Gasteiger partial charge in [-0.2, -0.15) is 0 Å². The van der Waals surface area contributed by atoms with Crippen molar-refractivity contribution in [3.8, 4) is 0 Å². The van der Waals surface area contributed by atoms with Gasteiger partial charge >= 0.3 is 0 Å². The van der Waals surface area contributed by atoms with Gasteiger partial charge in [-0.05, 0) is 61.7 Å². The van der Waals surface area contributed by atoms with Crippen molar-refractivity contribution in [2.75, 3.05) is 18.0 Å². The smallest absolute Gasteiger partial charge is 0.213 e. The van der Waals surface area contributed by atoms with Crippen LogP contribution in [0.25, 0.3) is 16.6 Å². The topological polar surface area (TPSA) is 50.2 Å². The minimum absolute atomic E-state index is 0.250. The van der Waals surface area contributed by atoms with E-state index in [0.717, 1.165) is 51.2 Å². The second kappa shape index (κ2) is 9.83. The number of amides is 1. The first-order valence-corrected chi connectivity index (χ1v) is 11.1. The molecule has 0 bridgehead atoms. The summed E-state index contributed by atoms with van der Waals surface area (Å²) in [5.41, 5.74) is 6.76. The van der Waals surface area contributed by atoms with Crippen molar-refractivity contribution in [3.05, 3.63) is 77.0 Å². The number of hydrogen-bond donors (Lipinski definition) is 1. The molecule has 3 aromatic rings. The van der Waals surface area contributed by atoms with Crippen LogP contribution in [-0.2, 0) is 11.3 Å². The number of nitrogens with one attached hydrogen (secondary N) is 1. The highest BCUT2D eigenvalue weighted by Gasteiger charge is 2.15. The molecule has 0 fully saturated rings. The maximum atomic E-state index is 13.3. The molecule has 0 aliphatic heterocycles. The van der Waals surface area contributed by atoms with E-state index in [1.54, 1.807) is 19.2 Å². The van der Waals surface area contributed by atoms with Gasteiger partial charge in [0.2, 0.25) is 6.41 Å². The Kier molecular flexibility index (Phi) is 7.17. The molecule has 162 valence electrons. The number of anilines is 1. The number of aryl methyl sites for hydroxylation is 1. The summed E-state index contributed by atoms with van der Waals surface area (Å²) in [5, 5.41) is 0. The van der Waals surface area contributed by atoms with Crippen LogP contribution >= 0.6 is 11.9 Å². The number of carbonyl (C=O) groups is 1. The molecule has 1 N–H and O–H groups in total. The highest BCUT2D eigenvalue weighted by Crippen LogP contribution is 2.32. The maximum Gasteiger partial charge on any atom is 0.213 e. The van der Waals surface area contributed by atoms with Gasteiger partial charge in [-0.1, -0.05) is 35.7 Å². The number of hydrogen-bond acceptors (Lipinski definition) is 4. The lowest BCUT2D eigenvalue weighted by Crippen LogP contribution is -2.07. The third-order valence-corrected chi connectivity index (χ3v) is 5.22. The zero-order valence-corrected chi connectivity index (χ0v) is 19.3. The van der Waals surface area contributed by atoms with Gasteiger partial charge in [0.25, 0.3) is 0 Å². The van der Waals surface area contributed by atoms with Crippen LogP contribution in [0.5, 0.6) is 0 Å². The Morgan fingerprint density at radius 1 is 1.26 bits per heavy atom. The number of fused-ring (bicyclic) bond motifs is 1. The monoisotopic (exact) mass is 438 g/mol. The lowest BCUT2D eigenvalue weighted by molar-refractivity contribution is -0.114. The molecule has 3 rings (SSSR count).